The Morgan fingerprint density at radius 2 is 2.20 bits per heavy atom. The highest BCUT2D eigenvalue weighted by atomic mass is 79.9. The average molecular weight is 280 g/mol. The summed E-state index contributed by atoms with van der Waals surface area (Å²) in [6.45, 7) is 0.0582. The normalized spacial score (nSPS) is 10.7. The molecule has 5 heteroatoms. The molecule has 0 aromatic heterocycles. The van der Waals surface area contributed by atoms with Crippen LogP contribution in [0.2, 0.25) is 0 Å². The van der Waals surface area contributed by atoms with Crippen molar-refractivity contribution in [2.75, 3.05) is 13.7 Å². The van der Waals surface area contributed by atoms with Gasteiger partial charge in [0.1, 0.15) is 5.75 Å². The van der Waals surface area contributed by atoms with Crippen LogP contribution in [0.4, 0.5) is 8.78 Å². The number of methoxy groups -OCH3 is 1. The second-order valence-electron chi connectivity index (χ2n) is 2.98. The summed E-state index contributed by atoms with van der Waals surface area (Å²) in [4.78, 5) is 0. The van der Waals surface area contributed by atoms with Gasteiger partial charge in [0.15, 0.2) is 0 Å². The quantitative estimate of drug-likeness (QED) is 0.895. The molecular formula is C10H12BrF2NO. The first kappa shape index (κ1) is 12.4. The van der Waals surface area contributed by atoms with E-state index >= 15 is 0 Å². The van der Waals surface area contributed by atoms with Crippen LogP contribution in [0.15, 0.2) is 22.7 Å². The van der Waals surface area contributed by atoms with Gasteiger partial charge < -0.3 is 10.1 Å². The predicted molar refractivity (Wildman–Crippen MR) is 58.4 cm³/mol. The minimum Gasteiger partial charge on any atom is -0.496 e. The number of halogens is 3. The van der Waals surface area contributed by atoms with Crippen LogP contribution in [0, 0.1) is 0 Å². The highest BCUT2D eigenvalue weighted by molar-refractivity contribution is 9.10. The van der Waals surface area contributed by atoms with E-state index < -0.39 is 6.43 Å². The van der Waals surface area contributed by atoms with E-state index in [2.05, 4.69) is 21.2 Å². The summed E-state index contributed by atoms with van der Waals surface area (Å²) in [6, 6.07) is 5.48. The highest BCUT2D eigenvalue weighted by Gasteiger charge is 2.05. The van der Waals surface area contributed by atoms with E-state index in [1.165, 1.54) is 0 Å². The van der Waals surface area contributed by atoms with Crippen molar-refractivity contribution in [2.24, 2.45) is 0 Å². The Morgan fingerprint density at radius 1 is 1.47 bits per heavy atom. The Kier molecular flexibility index (Phi) is 4.98. The third-order valence-corrected chi connectivity index (χ3v) is 2.35. The second-order valence-corrected chi connectivity index (χ2v) is 3.89. The monoisotopic (exact) mass is 279 g/mol. The van der Waals surface area contributed by atoms with Gasteiger partial charge in [0.2, 0.25) is 0 Å². The molecule has 0 aliphatic rings. The minimum absolute atomic E-state index is 0.310. The lowest BCUT2D eigenvalue weighted by Gasteiger charge is -2.09. The van der Waals surface area contributed by atoms with Crippen molar-refractivity contribution in [3.63, 3.8) is 0 Å². The molecule has 0 aliphatic carbocycles. The van der Waals surface area contributed by atoms with Gasteiger partial charge in [0.05, 0.1) is 13.7 Å². The van der Waals surface area contributed by atoms with Gasteiger partial charge in [-0.2, -0.15) is 0 Å². The molecule has 1 aromatic rings. The van der Waals surface area contributed by atoms with Gasteiger partial charge in [-0.15, -0.1) is 0 Å². The van der Waals surface area contributed by atoms with Crippen LogP contribution in [0.5, 0.6) is 5.75 Å². The summed E-state index contributed by atoms with van der Waals surface area (Å²) in [6.07, 6.45) is -2.33. The average Bonchev–Trinajstić information content (AvgIpc) is 2.17. The third kappa shape index (κ3) is 4.13. The SMILES string of the molecule is COc1ccc(Br)cc1CNCC(F)F. The summed E-state index contributed by atoms with van der Waals surface area (Å²) in [7, 11) is 1.56. The van der Waals surface area contributed by atoms with Crippen LogP contribution in [0.1, 0.15) is 5.56 Å². The molecule has 0 unspecified atom stereocenters. The summed E-state index contributed by atoms with van der Waals surface area (Å²) in [5, 5.41) is 2.65. The minimum atomic E-state index is -2.33. The first-order valence-corrected chi connectivity index (χ1v) is 5.24. The Balaban J connectivity index is 2.62. The molecule has 1 N–H and O–H groups in total. The number of rotatable bonds is 5. The molecule has 0 atom stereocenters. The number of benzene rings is 1. The van der Waals surface area contributed by atoms with E-state index in [9.17, 15) is 8.78 Å². The first-order chi connectivity index (χ1) is 7.13. The second kappa shape index (κ2) is 6.02. The van der Waals surface area contributed by atoms with Crippen LogP contribution in [-0.4, -0.2) is 20.1 Å². The Hall–Kier alpha value is -0.680. The first-order valence-electron chi connectivity index (χ1n) is 4.44. The van der Waals surface area contributed by atoms with Crippen molar-refractivity contribution in [2.45, 2.75) is 13.0 Å². The largest absolute Gasteiger partial charge is 0.496 e. The fraction of sp³-hybridized carbons (Fsp3) is 0.400. The topological polar surface area (TPSA) is 21.3 Å². The molecule has 84 valence electrons. The van der Waals surface area contributed by atoms with Crippen molar-refractivity contribution in [1.82, 2.24) is 5.32 Å². The van der Waals surface area contributed by atoms with Gasteiger partial charge in [-0.1, -0.05) is 15.9 Å². The smallest absolute Gasteiger partial charge is 0.250 e. The standard InChI is InChI=1S/C10H12BrF2NO/c1-15-9-3-2-8(11)4-7(9)5-14-6-10(12)13/h2-4,10,14H,5-6H2,1H3. The fourth-order valence-corrected chi connectivity index (χ4v) is 1.61. The molecule has 0 fully saturated rings. The molecule has 15 heavy (non-hydrogen) atoms. The van der Waals surface area contributed by atoms with Gasteiger partial charge in [-0.3, -0.25) is 0 Å². The van der Waals surface area contributed by atoms with Gasteiger partial charge >= 0.3 is 0 Å². The molecule has 0 spiro atoms. The summed E-state index contributed by atoms with van der Waals surface area (Å²) < 4.78 is 29.8. The zero-order chi connectivity index (χ0) is 11.3. The molecule has 0 heterocycles. The van der Waals surface area contributed by atoms with Gasteiger partial charge in [-0.25, -0.2) is 8.78 Å². The Labute approximate surface area is 95.8 Å². The lowest BCUT2D eigenvalue weighted by atomic mass is 10.2. The summed E-state index contributed by atoms with van der Waals surface area (Å²) in [5.41, 5.74) is 0.854. The molecule has 0 bridgehead atoms. The van der Waals surface area contributed by atoms with E-state index in [4.69, 9.17) is 4.74 Å². The van der Waals surface area contributed by atoms with Gasteiger partial charge in [0, 0.05) is 16.6 Å². The van der Waals surface area contributed by atoms with Crippen LogP contribution < -0.4 is 10.1 Å². The predicted octanol–water partition coefficient (Wildman–Crippen LogP) is 2.81. The van der Waals surface area contributed by atoms with Crippen LogP contribution in [0.3, 0.4) is 0 Å². The number of alkyl halides is 2. The number of ether oxygens (including phenoxy) is 1. The zero-order valence-electron chi connectivity index (χ0n) is 8.27. The highest BCUT2D eigenvalue weighted by Crippen LogP contribution is 2.22. The van der Waals surface area contributed by atoms with Crippen molar-refractivity contribution in [3.8, 4) is 5.75 Å². The van der Waals surface area contributed by atoms with E-state index in [1.807, 2.05) is 12.1 Å². The lowest BCUT2D eigenvalue weighted by Crippen LogP contribution is -2.20. The molecule has 1 rings (SSSR count). The fourth-order valence-electron chi connectivity index (χ4n) is 1.20. The molecule has 0 aliphatic heterocycles. The van der Waals surface area contributed by atoms with E-state index in [0.717, 1.165) is 10.0 Å². The zero-order valence-corrected chi connectivity index (χ0v) is 9.85. The van der Waals surface area contributed by atoms with Gasteiger partial charge in [0.25, 0.3) is 6.43 Å². The van der Waals surface area contributed by atoms with E-state index in [0.29, 0.717) is 12.3 Å². The molecule has 1 aromatic carbocycles. The maximum atomic E-state index is 11.9. The van der Waals surface area contributed by atoms with Crippen molar-refractivity contribution < 1.29 is 13.5 Å². The number of hydrogen-bond donors (Lipinski definition) is 1. The lowest BCUT2D eigenvalue weighted by molar-refractivity contribution is 0.145. The maximum Gasteiger partial charge on any atom is 0.250 e. The van der Waals surface area contributed by atoms with Crippen molar-refractivity contribution in [3.05, 3.63) is 28.2 Å². The van der Waals surface area contributed by atoms with Crippen LogP contribution >= 0.6 is 15.9 Å². The molecule has 2 nitrogen and oxygen atoms in total. The Morgan fingerprint density at radius 3 is 2.80 bits per heavy atom. The Bertz CT molecular complexity index is 320. The summed E-state index contributed by atoms with van der Waals surface area (Å²) in [5.74, 6) is 0.694. The van der Waals surface area contributed by atoms with E-state index in [-0.39, 0.29) is 6.54 Å². The van der Waals surface area contributed by atoms with Crippen LogP contribution in [0.25, 0.3) is 0 Å². The number of nitrogens with one attached hydrogen (secondary N) is 1. The molecular weight excluding hydrogens is 268 g/mol. The third-order valence-electron chi connectivity index (χ3n) is 1.86. The maximum absolute atomic E-state index is 11.9. The van der Waals surface area contributed by atoms with E-state index in [1.54, 1.807) is 13.2 Å². The molecule has 0 saturated heterocycles. The summed E-state index contributed by atoms with van der Waals surface area (Å²) >= 11 is 3.31. The van der Waals surface area contributed by atoms with Crippen molar-refractivity contribution >= 4 is 15.9 Å². The molecule has 0 radical (unpaired) electrons. The molecule has 0 saturated carbocycles. The molecule has 0 amide bonds. The van der Waals surface area contributed by atoms with Crippen LogP contribution in [-0.2, 0) is 6.54 Å². The number of hydrogen-bond acceptors (Lipinski definition) is 2. The van der Waals surface area contributed by atoms with Gasteiger partial charge in [-0.05, 0) is 18.2 Å². The van der Waals surface area contributed by atoms with Crippen molar-refractivity contribution in [1.29, 1.82) is 0 Å².